The second kappa shape index (κ2) is 9.71. The lowest BCUT2D eigenvalue weighted by Gasteiger charge is -2.12. The number of carbonyl (C=O) groups is 1. The van der Waals surface area contributed by atoms with Gasteiger partial charge in [-0.05, 0) is 57.4 Å². The highest BCUT2D eigenvalue weighted by atomic mass is 16.5. The minimum Gasteiger partial charge on any atom is -0.497 e. The lowest BCUT2D eigenvalue weighted by Crippen LogP contribution is -2.25. The first-order valence-electron chi connectivity index (χ1n) is 10.3. The molecule has 160 valence electrons. The average molecular weight is 411 g/mol. The fraction of sp³-hybridized carbons (Fsp3) is 0.435. The van der Waals surface area contributed by atoms with Gasteiger partial charge in [0.2, 0.25) is 0 Å². The molecule has 0 unspecified atom stereocenters. The maximum Gasteiger partial charge on any atom is 0.256 e. The molecule has 2 aromatic heterocycles. The van der Waals surface area contributed by atoms with E-state index in [-0.39, 0.29) is 12.0 Å². The maximum absolute atomic E-state index is 12.6. The van der Waals surface area contributed by atoms with Crippen molar-refractivity contribution in [2.75, 3.05) is 20.3 Å². The van der Waals surface area contributed by atoms with Crippen molar-refractivity contribution < 1.29 is 14.3 Å². The van der Waals surface area contributed by atoms with Gasteiger partial charge in [0.1, 0.15) is 11.3 Å². The number of fused-ring (bicyclic) bond motifs is 1. The Kier molecular flexibility index (Phi) is 7.05. The molecule has 0 aliphatic heterocycles. The summed E-state index contributed by atoms with van der Waals surface area (Å²) in [6.07, 6.45) is 3.26. The Morgan fingerprint density at radius 1 is 1.27 bits per heavy atom. The molecule has 0 atom stereocenters. The summed E-state index contributed by atoms with van der Waals surface area (Å²) in [5.41, 5.74) is 5.16. The minimum atomic E-state index is -0.165. The van der Waals surface area contributed by atoms with Crippen LogP contribution in [0.5, 0.6) is 5.75 Å². The number of hydrogen-bond acceptors (Lipinski definition) is 5. The highest BCUT2D eigenvalue weighted by Crippen LogP contribution is 2.22. The maximum atomic E-state index is 12.6. The standard InChI is InChI=1S/C23H30N4O3/c1-15(2)30-11-7-10-24-23(28)21-14-25-27-17(4)20(16(3)26-22(21)27)13-18-8-6-9-19(12-18)29-5/h6,8-9,12,14-15H,7,10-11,13H2,1-5H3,(H,24,28). The lowest BCUT2D eigenvalue weighted by molar-refractivity contribution is 0.0757. The first kappa shape index (κ1) is 21.8. The Morgan fingerprint density at radius 3 is 2.80 bits per heavy atom. The zero-order valence-electron chi connectivity index (χ0n) is 18.4. The van der Waals surface area contributed by atoms with Gasteiger partial charge < -0.3 is 14.8 Å². The van der Waals surface area contributed by atoms with E-state index in [1.165, 1.54) is 0 Å². The summed E-state index contributed by atoms with van der Waals surface area (Å²) in [5, 5.41) is 7.36. The molecule has 0 fully saturated rings. The Balaban J connectivity index is 1.78. The first-order chi connectivity index (χ1) is 14.4. The molecule has 1 amide bonds. The second-order valence-electron chi connectivity index (χ2n) is 7.61. The average Bonchev–Trinajstić information content (AvgIpc) is 3.14. The third kappa shape index (κ3) is 4.97. The van der Waals surface area contributed by atoms with Gasteiger partial charge in [-0.3, -0.25) is 4.79 Å². The molecule has 2 heterocycles. The number of nitrogens with zero attached hydrogens (tertiary/aromatic N) is 3. The predicted molar refractivity (Wildman–Crippen MR) is 116 cm³/mol. The Hall–Kier alpha value is -2.93. The number of methoxy groups -OCH3 is 1. The van der Waals surface area contributed by atoms with Crippen LogP contribution < -0.4 is 10.1 Å². The van der Waals surface area contributed by atoms with Crippen molar-refractivity contribution in [3.8, 4) is 5.75 Å². The van der Waals surface area contributed by atoms with Gasteiger partial charge in [0.05, 0.1) is 19.4 Å². The zero-order valence-corrected chi connectivity index (χ0v) is 18.4. The summed E-state index contributed by atoms with van der Waals surface area (Å²) in [5.74, 6) is 0.662. The molecule has 30 heavy (non-hydrogen) atoms. The van der Waals surface area contributed by atoms with E-state index in [0.29, 0.717) is 24.4 Å². The van der Waals surface area contributed by atoms with Crippen molar-refractivity contribution in [2.24, 2.45) is 0 Å². The molecule has 3 rings (SSSR count). The van der Waals surface area contributed by atoms with Crippen molar-refractivity contribution in [3.63, 3.8) is 0 Å². The van der Waals surface area contributed by atoms with E-state index in [9.17, 15) is 4.79 Å². The van der Waals surface area contributed by atoms with Crippen LogP contribution in [0, 0.1) is 13.8 Å². The first-order valence-corrected chi connectivity index (χ1v) is 10.3. The molecule has 0 spiro atoms. The van der Waals surface area contributed by atoms with E-state index < -0.39 is 0 Å². The smallest absolute Gasteiger partial charge is 0.256 e. The predicted octanol–water partition coefficient (Wildman–Crippen LogP) is 3.49. The summed E-state index contributed by atoms with van der Waals surface area (Å²) >= 11 is 0. The van der Waals surface area contributed by atoms with Crippen LogP contribution in [0.4, 0.5) is 0 Å². The molecular formula is C23H30N4O3. The van der Waals surface area contributed by atoms with Crippen molar-refractivity contribution in [2.45, 2.75) is 46.6 Å². The topological polar surface area (TPSA) is 77.8 Å². The molecule has 0 bridgehead atoms. The van der Waals surface area contributed by atoms with Crippen LogP contribution in [0.2, 0.25) is 0 Å². The molecule has 0 radical (unpaired) electrons. The SMILES string of the molecule is COc1cccc(Cc2c(C)nc3c(C(=O)NCCCOC(C)C)cnn3c2C)c1. The number of amides is 1. The minimum absolute atomic E-state index is 0.165. The normalized spacial score (nSPS) is 11.3. The molecule has 0 saturated heterocycles. The monoisotopic (exact) mass is 410 g/mol. The highest BCUT2D eigenvalue weighted by molar-refractivity contribution is 5.99. The lowest BCUT2D eigenvalue weighted by atomic mass is 10.0. The summed E-state index contributed by atoms with van der Waals surface area (Å²) < 4.78 is 12.6. The third-order valence-electron chi connectivity index (χ3n) is 5.03. The van der Waals surface area contributed by atoms with Gasteiger partial charge in [-0.2, -0.15) is 5.10 Å². The van der Waals surface area contributed by atoms with Crippen molar-refractivity contribution in [1.29, 1.82) is 0 Å². The van der Waals surface area contributed by atoms with Gasteiger partial charge in [-0.25, -0.2) is 9.50 Å². The van der Waals surface area contributed by atoms with E-state index >= 15 is 0 Å². The summed E-state index contributed by atoms with van der Waals surface area (Å²) in [6, 6.07) is 8.00. The number of rotatable bonds is 9. The number of ether oxygens (including phenoxy) is 2. The molecule has 0 aliphatic rings. The number of nitrogens with one attached hydrogen (secondary N) is 1. The van der Waals surface area contributed by atoms with Crippen LogP contribution in [0.3, 0.4) is 0 Å². The molecule has 1 N–H and O–H groups in total. The summed E-state index contributed by atoms with van der Waals surface area (Å²) in [6.45, 7) is 9.15. The molecule has 3 aromatic rings. The van der Waals surface area contributed by atoms with E-state index in [1.54, 1.807) is 17.8 Å². The Bertz CT molecular complexity index is 1030. The molecular weight excluding hydrogens is 380 g/mol. The van der Waals surface area contributed by atoms with Crippen molar-refractivity contribution >= 4 is 11.6 Å². The largest absolute Gasteiger partial charge is 0.497 e. The van der Waals surface area contributed by atoms with Crippen LogP contribution in [-0.2, 0) is 11.2 Å². The third-order valence-corrected chi connectivity index (χ3v) is 5.03. The van der Waals surface area contributed by atoms with Crippen LogP contribution in [-0.4, -0.2) is 46.9 Å². The highest BCUT2D eigenvalue weighted by Gasteiger charge is 2.18. The Morgan fingerprint density at radius 2 is 2.07 bits per heavy atom. The molecule has 7 heteroatoms. The van der Waals surface area contributed by atoms with Gasteiger partial charge in [0, 0.05) is 31.0 Å². The fourth-order valence-electron chi connectivity index (χ4n) is 3.40. The van der Waals surface area contributed by atoms with Crippen molar-refractivity contribution in [3.05, 3.63) is 58.5 Å². The number of hydrogen-bond donors (Lipinski definition) is 1. The molecule has 7 nitrogen and oxygen atoms in total. The fourth-order valence-corrected chi connectivity index (χ4v) is 3.40. The second-order valence-corrected chi connectivity index (χ2v) is 7.61. The number of benzene rings is 1. The van der Waals surface area contributed by atoms with Crippen LogP contribution in [0.15, 0.2) is 30.5 Å². The van der Waals surface area contributed by atoms with E-state index in [4.69, 9.17) is 14.5 Å². The van der Waals surface area contributed by atoms with E-state index in [1.807, 2.05) is 45.9 Å². The molecule has 0 saturated carbocycles. The van der Waals surface area contributed by atoms with Crippen LogP contribution in [0.25, 0.3) is 5.65 Å². The van der Waals surface area contributed by atoms with Crippen LogP contribution in [0.1, 0.15) is 53.1 Å². The van der Waals surface area contributed by atoms with Gasteiger partial charge in [0.25, 0.3) is 5.91 Å². The van der Waals surface area contributed by atoms with Crippen LogP contribution >= 0.6 is 0 Å². The van der Waals surface area contributed by atoms with Gasteiger partial charge in [0.15, 0.2) is 5.65 Å². The summed E-state index contributed by atoms with van der Waals surface area (Å²) in [7, 11) is 1.66. The zero-order chi connectivity index (χ0) is 21.7. The van der Waals surface area contributed by atoms with E-state index in [0.717, 1.165) is 41.1 Å². The summed E-state index contributed by atoms with van der Waals surface area (Å²) in [4.78, 5) is 17.3. The Labute approximate surface area is 177 Å². The quantitative estimate of drug-likeness (QED) is 0.547. The van der Waals surface area contributed by atoms with E-state index in [2.05, 4.69) is 16.5 Å². The molecule has 0 aliphatic carbocycles. The van der Waals surface area contributed by atoms with Gasteiger partial charge >= 0.3 is 0 Å². The van der Waals surface area contributed by atoms with Gasteiger partial charge in [-0.15, -0.1) is 0 Å². The number of aryl methyl sites for hydroxylation is 2. The molecule has 1 aromatic carbocycles. The number of aromatic nitrogens is 3. The van der Waals surface area contributed by atoms with Gasteiger partial charge in [-0.1, -0.05) is 12.1 Å². The number of carbonyl (C=O) groups excluding carboxylic acids is 1. The van der Waals surface area contributed by atoms with Crippen molar-refractivity contribution in [1.82, 2.24) is 19.9 Å².